The third-order valence-corrected chi connectivity index (χ3v) is 4.63. The standard InChI is InChI=1S/C24H32N2O3/c1-6-16-25-22(27)19-10-8-9-11-20(19)26-23(28)21(7-2)29-18-14-12-17(13-15-18)24(3,4)5/h8-15,21H,6-7,16H2,1-5H3,(H,25,27)(H,26,28). The lowest BCUT2D eigenvalue weighted by molar-refractivity contribution is -0.122. The molecule has 2 rings (SSSR count). The average molecular weight is 397 g/mol. The maximum atomic E-state index is 12.8. The van der Waals surface area contributed by atoms with Gasteiger partial charge in [0.05, 0.1) is 11.3 Å². The molecule has 2 N–H and O–H groups in total. The molecule has 0 aliphatic heterocycles. The van der Waals surface area contributed by atoms with E-state index in [-0.39, 0.29) is 17.2 Å². The highest BCUT2D eigenvalue weighted by Gasteiger charge is 2.21. The Balaban J connectivity index is 2.10. The molecular formula is C24H32N2O3. The monoisotopic (exact) mass is 396 g/mol. The van der Waals surface area contributed by atoms with Crippen LogP contribution in [0.1, 0.15) is 63.4 Å². The zero-order valence-electron chi connectivity index (χ0n) is 18.0. The summed E-state index contributed by atoms with van der Waals surface area (Å²) in [6, 6.07) is 14.8. The summed E-state index contributed by atoms with van der Waals surface area (Å²) < 4.78 is 5.92. The number of anilines is 1. The molecule has 0 aliphatic carbocycles. The highest BCUT2D eigenvalue weighted by molar-refractivity contribution is 6.04. The number of para-hydroxylation sites is 1. The van der Waals surface area contributed by atoms with Gasteiger partial charge in [0.25, 0.3) is 11.8 Å². The van der Waals surface area contributed by atoms with Crippen molar-refractivity contribution >= 4 is 17.5 Å². The van der Waals surface area contributed by atoms with E-state index in [1.807, 2.05) is 38.1 Å². The van der Waals surface area contributed by atoms with Gasteiger partial charge in [0, 0.05) is 6.54 Å². The van der Waals surface area contributed by atoms with Crippen LogP contribution in [0.4, 0.5) is 5.69 Å². The summed E-state index contributed by atoms with van der Waals surface area (Å²) in [6.07, 6.45) is 0.708. The van der Waals surface area contributed by atoms with E-state index < -0.39 is 6.10 Å². The van der Waals surface area contributed by atoms with Crippen LogP contribution in [-0.2, 0) is 10.2 Å². The summed E-state index contributed by atoms with van der Waals surface area (Å²) >= 11 is 0. The summed E-state index contributed by atoms with van der Waals surface area (Å²) in [5.41, 5.74) is 2.19. The number of nitrogens with one attached hydrogen (secondary N) is 2. The second-order valence-corrected chi connectivity index (χ2v) is 8.08. The molecular weight excluding hydrogens is 364 g/mol. The third-order valence-electron chi connectivity index (χ3n) is 4.63. The van der Waals surface area contributed by atoms with Gasteiger partial charge in [-0.3, -0.25) is 9.59 Å². The minimum Gasteiger partial charge on any atom is -0.481 e. The first-order valence-corrected chi connectivity index (χ1v) is 10.2. The number of benzene rings is 2. The summed E-state index contributed by atoms with van der Waals surface area (Å²) in [7, 11) is 0. The summed E-state index contributed by atoms with van der Waals surface area (Å²) in [5.74, 6) is 0.173. The largest absolute Gasteiger partial charge is 0.481 e. The lowest BCUT2D eigenvalue weighted by atomic mass is 9.87. The number of hydrogen-bond donors (Lipinski definition) is 2. The van der Waals surface area contributed by atoms with Crippen LogP contribution in [0.25, 0.3) is 0 Å². The van der Waals surface area contributed by atoms with Gasteiger partial charge < -0.3 is 15.4 Å². The molecule has 0 radical (unpaired) electrons. The first kappa shape index (κ1) is 22.5. The number of hydrogen-bond acceptors (Lipinski definition) is 3. The fourth-order valence-corrected chi connectivity index (χ4v) is 2.86. The molecule has 5 nitrogen and oxygen atoms in total. The molecule has 2 aromatic rings. The van der Waals surface area contributed by atoms with Gasteiger partial charge in [-0.2, -0.15) is 0 Å². The van der Waals surface area contributed by atoms with Crippen LogP contribution >= 0.6 is 0 Å². The molecule has 0 spiro atoms. The highest BCUT2D eigenvalue weighted by atomic mass is 16.5. The summed E-state index contributed by atoms with van der Waals surface area (Å²) in [6.45, 7) is 10.9. The van der Waals surface area contributed by atoms with E-state index in [4.69, 9.17) is 4.74 Å². The molecule has 2 amide bonds. The predicted molar refractivity (Wildman–Crippen MR) is 118 cm³/mol. The van der Waals surface area contributed by atoms with E-state index in [2.05, 4.69) is 31.4 Å². The van der Waals surface area contributed by atoms with Crippen molar-refractivity contribution in [1.82, 2.24) is 5.32 Å². The van der Waals surface area contributed by atoms with Crippen LogP contribution in [0, 0.1) is 0 Å². The zero-order chi connectivity index (χ0) is 21.4. The minimum absolute atomic E-state index is 0.0577. The third kappa shape index (κ3) is 6.34. The van der Waals surface area contributed by atoms with Crippen molar-refractivity contribution in [2.45, 2.75) is 59.0 Å². The van der Waals surface area contributed by atoms with Crippen molar-refractivity contribution in [2.24, 2.45) is 0 Å². The van der Waals surface area contributed by atoms with Gasteiger partial charge in [0.2, 0.25) is 0 Å². The fourth-order valence-electron chi connectivity index (χ4n) is 2.86. The van der Waals surface area contributed by atoms with E-state index in [9.17, 15) is 9.59 Å². The van der Waals surface area contributed by atoms with Gasteiger partial charge >= 0.3 is 0 Å². The second-order valence-electron chi connectivity index (χ2n) is 8.08. The molecule has 0 heterocycles. The molecule has 0 aliphatic rings. The predicted octanol–water partition coefficient (Wildman–Crippen LogP) is 4.92. The lowest BCUT2D eigenvalue weighted by Gasteiger charge is -2.21. The summed E-state index contributed by atoms with van der Waals surface area (Å²) in [5, 5.41) is 5.69. The van der Waals surface area contributed by atoms with Crippen LogP contribution in [0.15, 0.2) is 48.5 Å². The molecule has 0 fully saturated rings. The van der Waals surface area contributed by atoms with Crippen molar-refractivity contribution in [3.05, 3.63) is 59.7 Å². The first-order valence-electron chi connectivity index (χ1n) is 10.2. The Kier molecular flexibility index (Phi) is 7.82. The van der Waals surface area contributed by atoms with Crippen molar-refractivity contribution in [2.75, 3.05) is 11.9 Å². The Hall–Kier alpha value is -2.82. The normalized spacial score (nSPS) is 12.2. The summed E-state index contributed by atoms with van der Waals surface area (Å²) in [4.78, 5) is 25.2. The van der Waals surface area contributed by atoms with Crippen molar-refractivity contribution in [3.63, 3.8) is 0 Å². The van der Waals surface area contributed by atoms with Gasteiger partial charge in [-0.25, -0.2) is 0 Å². The van der Waals surface area contributed by atoms with Crippen molar-refractivity contribution < 1.29 is 14.3 Å². The number of carbonyl (C=O) groups excluding carboxylic acids is 2. The van der Waals surface area contributed by atoms with E-state index >= 15 is 0 Å². The molecule has 1 unspecified atom stereocenters. The van der Waals surface area contributed by atoms with Gasteiger partial charge in [0.15, 0.2) is 6.10 Å². The quantitative estimate of drug-likeness (QED) is 0.665. The number of amides is 2. The Bertz CT molecular complexity index is 823. The Morgan fingerprint density at radius 1 is 1.00 bits per heavy atom. The van der Waals surface area contributed by atoms with Crippen LogP contribution in [0.2, 0.25) is 0 Å². The topological polar surface area (TPSA) is 67.4 Å². The van der Waals surface area contributed by atoms with E-state index in [0.717, 1.165) is 6.42 Å². The van der Waals surface area contributed by atoms with Crippen molar-refractivity contribution in [1.29, 1.82) is 0 Å². The van der Waals surface area contributed by atoms with Crippen LogP contribution in [0.5, 0.6) is 5.75 Å². The zero-order valence-corrected chi connectivity index (χ0v) is 18.0. The molecule has 0 bridgehead atoms. The van der Waals surface area contributed by atoms with Gasteiger partial charge in [-0.15, -0.1) is 0 Å². The van der Waals surface area contributed by atoms with Crippen LogP contribution < -0.4 is 15.4 Å². The smallest absolute Gasteiger partial charge is 0.265 e. The lowest BCUT2D eigenvalue weighted by Crippen LogP contribution is -2.33. The van der Waals surface area contributed by atoms with Gasteiger partial charge in [0.1, 0.15) is 5.75 Å². The molecule has 5 heteroatoms. The minimum atomic E-state index is -0.651. The maximum absolute atomic E-state index is 12.8. The Morgan fingerprint density at radius 3 is 2.24 bits per heavy atom. The Labute approximate surface area is 173 Å². The molecule has 2 aromatic carbocycles. The highest BCUT2D eigenvalue weighted by Crippen LogP contribution is 2.25. The number of carbonyl (C=O) groups is 2. The number of rotatable bonds is 8. The fraction of sp³-hybridized carbons (Fsp3) is 0.417. The van der Waals surface area contributed by atoms with Crippen molar-refractivity contribution in [3.8, 4) is 5.75 Å². The number of ether oxygens (including phenoxy) is 1. The van der Waals surface area contributed by atoms with E-state index in [1.165, 1.54) is 5.56 Å². The molecule has 1 atom stereocenters. The molecule has 29 heavy (non-hydrogen) atoms. The SMILES string of the molecule is CCCNC(=O)c1ccccc1NC(=O)C(CC)Oc1ccc(C(C)(C)C)cc1. The molecule has 0 saturated carbocycles. The molecule has 0 aromatic heterocycles. The van der Waals surface area contributed by atoms with Crippen LogP contribution in [-0.4, -0.2) is 24.5 Å². The van der Waals surface area contributed by atoms with Gasteiger partial charge in [-0.05, 0) is 48.1 Å². The van der Waals surface area contributed by atoms with E-state index in [0.29, 0.717) is 30.0 Å². The second kappa shape index (κ2) is 10.1. The van der Waals surface area contributed by atoms with Gasteiger partial charge in [-0.1, -0.05) is 58.9 Å². The van der Waals surface area contributed by atoms with Crippen LogP contribution in [0.3, 0.4) is 0 Å². The molecule has 156 valence electrons. The first-order chi connectivity index (χ1) is 13.8. The Morgan fingerprint density at radius 2 is 1.66 bits per heavy atom. The average Bonchev–Trinajstić information content (AvgIpc) is 2.70. The molecule has 0 saturated heterocycles. The maximum Gasteiger partial charge on any atom is 0.265 e. The van der Waals surface area contributed by atoms with E-state index in [1.54, 1.807) is 24.3 Å².